The fraction of sp³-hybridized carbons (Fsp3) is 0.294. The molecule has 3 heteroatoms. The van der Waals surface area contributed by atoms with Crippen LogP contribution in [0.2, 0.25) is 0 Å². The zero-order chi connectivity index (χ0) is 14.1. The van der Waals surface area contributed by atoms with Crippen molar-refractivity contribution in [2.24, 2.45) is 5.92 Å². The molecule has 0 radical (unpaired) electrons. The van der Waals surface area contributed by atoms with Crippen molar-refractivity contribution in [1.29, 1.82) is 0 Å². The van der Waals surface area contributed by atoms with E-state index < -0.39 is 0 Å². The molecule has 0 spiro atoms. The maximum Gasteiger partial charge on any atom is 0.127 e. The van der Waals surface area contributed by atoms with Crippen molar-refractivity contribution in [2.75, 3.05) is 0 Å². The van der Waals surface area contributed by atoms with Gasteiger partial charge in [-0.1, -0.05) is 62.2 Å². The molecule has 1 aliphatic carbocycles. The average molecular weight is 398 g/mol. The second-order valence-corrected chi connectivity index (χ2v) is 7.24. The molecule has 2 aromatic rings. The van der Waals surface area contributed by atoms with Crippen LogP contribution in [-0.2, 0) is 12.8 Å². The van der Waals surface area contributed by atoms with Crippen molar-refractivity contribution in [3.8, 4) is 0 Å². The van der Waals surface area contributed by atoms with E-state index in [0.29, 0.717) is 10.7 Å². The highest BCUT2D eigenvalue weighted by Crippen LogP contribution is 2.42. The molecule has 0 nitrogen and oxygen atoms in total. The van der Waals surface area contributed by atoms with Gasteiger partial charge in [0.2, 0.25) is 0 Å². The molecular formula is C17H15Br2F. The van der Waals surface area contributed by atoms with Crippen molar-refractivity contribution >= 4 is 31.9 Å². The number of hydrogen-bond acceptors (Lipinski definition) is 0. The minimum atomic E-state index is -0.113. The summed E-state index contributed by atoms with van der Waals surface area (Å²) in [4.78, 5) is 0.315. The Morgan fingerprint density at radius 3 is 2.75 bits per heavy atom. The summed E-state index contributed by atoms with van der Waals surface area (Å²) in [7, 11) is 0. The molecule has 104 valence electrons. The van der Waals surface area contributed by atoms with Gasteiger partial charge in [-0.3, -0.25) is 0 Å². The summed E-state index contributed by atoms with van der Waals surface area (Å²) in [6, 6.07) is 13.9. The highest BCUT2D eigenvalue weighted by molar-refractivity contribution is 9.10. The van der Waals surface area contributed by atoms with Gasteiger partial charge in [0.25, 0.3) is 0 Å². The van der Waals surface area contributed by atoms with Crippen LogP contribution in [-0.4, -0.2) is 0 Å². The maximum atomic E-state index is 14.0. The van der Waals surface area contributed by atoms with Gasteiger partial charge in [0, 0.05) is 9.30 Å². The Kier molecular flexibility index (Phi) is 4.27. The Hall–Kier alpha value is -0.670. The minimum Gasteiger partial charge on any atom is -0.207 e. The second-order valence-electron chi connectivity index (χ2n) is 5.34. The third-order valence-corrected chi connectivity index (χ3v) is 5.78. The smallest absolute Gasteiger partial charge is 0.127 e. The van der Waals surface area contributed by atoms with Gasteiger partial charge in [-0.15, -0.1) is 0 Å². The largest absolute Gasteiger partial charge is 0.207 e. The van der Waals surface area contributed by atoms with E-state index in [1.807, 2.05) is 12.1 Å². The summed E-state index contributed by atoms with van der Waals surface area (Å²) in [5, 5.41) is 0. The van der Waals surface area contributed by atoms with E-state index in [0.717, 1.165) is 29.3 Å². The van der Waals surface area contributed by atoms with E-state index in [2.05, 4.69) is 56.1 Å². The maximum absolute atomic E-state index is 14.0. The number of rotatable bonds is 2. The van der Waals surface area contributed by atoms with Crippen molar-refractivity contribution in [3.05, 3.63) is 69.4 Å². The molecule has 0 N–H and O–H groups in total. The van der Waals surface area contributed by atoms with E-state index >= 15 is 0 Å². The minimum absolute atomic E-state index is 0.113. The molecule has 0 amide bonds. The highest BCUT2D eigenvalue weighted by Gasteiger charge is 2.27. The average Bonchev–Trinajstić information content (AvgIpc) is 2.45. The summed E-state index contributed by atoms with van der Waals surface area (Å²) in [5.41, 5.74) is 3.59. The number of aryl methyl sites for hydroxylation is 1. The number of alkyl halides is 1. The lowest BCUT2D eigenvalue weighted by molar-refractivity contribution is 0.443. The van der Waals surface area contributed by atoms with Crippen LogP contribution in [0, 0.1) is 11.7 Å². The van der Waals surface area contributed by atoms with Gasteiger partial charge in [-0.2, -0.15) is 0 Å². The quantitative estimate of drug-likeness (QED) is 0.559. The Morgan fingerprint density at radius 1 is 1.15 bits per heavy atom. The van der Waals surface area contributed by atoms with E-state index in [4.69, 9.17) is 0 Å². The molecule has 0 saturated heterocycles. The fourth-order valence-corrected chi connectivity index (χ4v) is 4.18. The third kappa shape index (κ3) is 2.84. The topological polar surface area (TPSA) is 0 Å². The molecule has 20 heavy (non-hydrogen) atoms. The van der Waals surface area contributed by atoms with Gasteiger partial charge in [-0.25, -0.2) is 4.39 Å². The molecule has 2 aromatic carbocycles. The first-order valence-electron chi connectivity index (χ1n) is 6.81. The second kappa shape index (κ2) is 5.98. The number of halogens is 3. The first-order chi connectivity index (χ1) is 9.65. The number of fused-ring (bicyclic) bond motifs is 1. The van der Waals surface area contributed by atoms with Crippen LogP contribution < -0.4 is 0 Å². The van der Waals surface area contributed by atoms with E-state index in [1.54, 1.807) is 6.07 Å². The third-order valence-electron chi connectivity index (χ3n) is 4.05. The summed E-state index contributed by atoms with van der Waals surface area (Å²) in [6.07, 6.45) is 2.97. The highest BCUT2D eigenvalue weighted by atomic mass is 79.9. The molecule has 0 aromatic heterocycles. The lowest BCUT2D eigenvalue weighted by atomic mass is 9.80. The summed E-state index contributed by atoms with van der Waals surface area (Å²) >= 11 is 7.12. The Labute approximate surface area is 135 Å². The molecular weight excluding hydrogens is 383 g/mol. The van der Waals surface area contributed by atoms with Crippen LogP contribution in [0.1, 0.15) is 27.9 Å². The van der Waals surface area contributed by atoms with Gasteiger partial charge in [0.1, 0.15) is 5.82 Å². The predicted octanol–water partition coefficient (Wildman–Crippen LogP) is 5.83. The van der Waals surface area contributed by atoms with Crippen LogP contribution in [0.15, 0.2) is 46.9 Å². The van der Waals surface area contributed by atoms with Crippen LogP contribution in [0.25, 0.3) is 0 Å². The molecule has 2 atom stereocenters. The van der Waals surface area contributed by atoms with Crippen LogP contribution >= 0.6 is 31.9 Å². The van der Waals surface area contributed by atoms with Gasteiger partial charge in [0.15, 0.2) is 0 Å². The first-order valence-corrected chi connectivity index (χ1v) is 8.52. The van der Waals surface area contributed by atoms with E-state index in [9.17, 15) is 4.39 Å². The van der Waals surface area contributed by atoms with Crippen molar-refractivity contribution in [2.45, 2.75) is 24.1 Å². The lowest BCUT2D eigenvalue weighted by Crippen LogP contribution is -2.19. The Balaban J connectivity index is 1.83. The molecule has 3 rings (SSSR count). The van der Waals surface area contributed by atoms with Crippen LogP contribution in [0.5, 0.6) is 0 Å². The number of benzene rings is 2. The standard InChI is InChI=1S/C17H15Br2F/c18-14-8-7-12(16(20)10-14)9-13-6-5-11-3-1-2-4-15(11)17(13)19/h1-4,7-8,10,13,17H,5-6,9H2. The molecule has 0 saturated carbocycles. The first kappa shape index (κ1) is 14.3. The number of hydrogen-bond donors (Lipinski definition) is 0. The molecule has 0 aliphatic heterocycles. The van der Waals surface area contributed by atoms with Crippen LogP contribution in [0.4, 0.5) is 4.39 Å². The Morgan fingerprint density at radius 2 is 1.95 bits per heavy atom. The zero-order valence-corrected chi connectivity index (χ0v) is 14.1. The zero-order valence-electron chi connectivity index (χ0n) is 11.0. The van der Waals surface area contributed by atoms with Gasteiger partial charge in [-0.05, 0) is 54.0 Å². The molecule has 2 unspecified atom stereocenters. The van der Waals surface area contributed by atoms with E-state index in [-0.39, 0.29) is 5.82 Å². The van der Waals surface area contributed by atoms with Crippen LogP contribution in [0.3, 0.4) is 0 Å². The normalized spacial score (nSPS) is 21.6. The fourth-order valence-electron chi connectivity index (χ4n) is 2.95. The molecule has 1 aliphatic rings. The SMILES string of the molecule is Fc1cc(Br)ccc1CC1CCc2ccccc2C1Br. The predicted molar refractivity (Wildman–Crippen MR) is 87.7 cm³/mol. The molecule has 0 bridgehead atoms. The summed E-state index contributed by atoms with van der Waals surface area (Å²) in [5.74, 6) is 0.332. The van der Waals surface area contributed by atoms with Gasteiger partial charge in [0.05, 0.1) is 0 Å². The van der Waals surface area contributed by atoms with Crippen molar-refractivity contribution in [3.63, 3.8) is 0 Å². The Bertz CT molecular complexity index is 624. The summed E-state index contributed by atoms with van der Waals surface area (Å²) in [6.45, 7) is 0. The van der Waals surface area contributed by atoms with Gasteiger partial charge < -0.3 is 0 Å². The molecule has 0 heterocycles. The lowest BCUT2D eigenvalue weighted by Gasteiger charge is -2.30. The monoisotopic (exact) mass is 396 g/mol. The summed E-state index contributed by atoms with van der Waals surface area (Å²) < 4.78 is 14.8. The molecule has 0 fully saturated rings. The van der Waals surface area contributed by atoms with Crippen molar-refractivity contribution in [1.82, 2.24) is 0 Å². The van der Waals surface area contributed by atoms with Crippen molar-refractivity contribution < 1.29 is 4.39 Å². The van der Waals surface area contributed by atoms with Gasteiger partial charge >= 0.3 is 0 Å². The van der Waals surface area contributed by atoms with E-state index in [1.165, 1.54) is 11.1 Å².